The summed E-state index contributed by atoms with van der Waals surface area (Å²) in [6.07, 6.45) is 5.20. The van der Waals surface area contributed by atoms with Crippen molar-refractivity contribution in [3.05, 3.63) is 33.3 Å². The summed E-state index contributed by atoms with van der Waals surface area (Å²) in [6, 6.07) is 0. The average Bonchev–Trinajstić information content (AvgIpc) is 2.57. The SMILES string of the molecule is CCCn1ccn(CCCN=[N+]=[N-])c1=O. The Labute approximate surface area is 87.8 Å². The Kier molecular flexibility index (Phi) is 4.50. The fourth-order valence-electron chi connectivity index (χ4n) is 1.39. The van der Waals surface area contributed by atoms with Gasteiger partial charge in [-0.2, -0.15) is 0 Å². The summed E-state index contributed by atoms with van der Waals surface area (Å²) in [5.74, 6) is 0. The Balaban J connectivity index is 2.54. The van der Waals surface area contributed by atoms with Crippen LogP contribution in [0.25, 0.3) is 10.4 Å². The zero-order valence-electron chi connectivity index (χ0n) is 8.83. The third-order valence-electron chi connectivity index (χ3n) is 2.10. The lowest BCUT2D eigenvalue weighted by Gasteiger charge is -1.99. The molecule has 0 aliphatic carbocycles. The van der Waals surface area contributed by atoms with E-state index in [4.69, 9.17) is 5.53 Å². The summed E-state index contributed by atoms with van der Waals surface area (Å²) >= 11 is 0. The summed E-state index contributed by atoms with van der Waals surface area (Å²) in [5, 5.41) is 3.42. The van der Waals surface area contributed by atoms with Crippen molar-refractivity contribution >= 4 is 0 Å². The molecule has 0 fully saturated rings. The monoisotopic (exact) mass is 209 g/mol. The van der Waals surface area contributed by atoms with E-state index in [1.165, 1.54) is 0 Å². The molecule has 1 rings (SSSR count). The highest BCUT2D eigenvalue weighted by molar-refractivity contribution is 4.81. The molecule has 0 radical (unpaired) electrons. The summed E-state index contributed by atoms with van der Waals surface area (Å²) < 4.78 is 3.33. The standard InChI is InChI=1S/C9H15N5O/c1-2-5-13-7-8-14(9(13)15)6-3-4-11-12-10/h7-8H,2-6H2,1H3. The van der Waals surface area contributed by atoms with Crippen molar-refractivity contribution in [2.24, 2.45) is 5.11 Å². The van der Waals surface area contributed by atoms with E-state index in [2.05, 4.69) is 10.0 Å². The first-order chi connectivity index (χ1) is 7.29. The second kappa shape index (κ2) is 5.93. The molecule has 15 heavy (non-hydrogen) atoms. The normalized spacial score (nSPS) is 9.93. The highest BCUT2D eigenvalue weighted by Crippen LogP contribution is 1.91. The van der Waals surface area contributed by atoms with Crippen LogP contribution in [0.5, 0.6) is 0 Å². The van der Waals surface area contributed by atoms with Crippen LogP contribution >= 0.6 is 0 Å². The van der Waals surface area contributed by atoms with Crippen molar-refractivity contribution in [3.8, 4) is 0 Å². The lowest BCUT2D eigenvalue weighted by molar-refractivity contribution is 0.584. The minimum atomic E-state index is 0.0118. The first-order valence-electron chi connectivity index (χ1n) is 5.06. The predicted octanol–water partition coefficient (Wildman–Crippen LogP) is 1.76. The first kappa shape index (κ1) is 11.4. The van der Waals surface area contributed by atoms with Crippen LogP contribution in [0.3, 0.4) is 0 Å². The van der Waals surface area contributed by atoms with E-state index in [0.717, 1.165) is 13.0 Å². The maximum absolute atomic E-state index is 11.6. The number of imidazole rings is 1. The minimum Gasteiger partial charge on any atom is -0.299 e. The summed E-state index contributed by atoms with van der Waals surface area (Å²) in [4.78, 5) is 14.3. The molecule has 1 aromatic heterocycles. The average molecular weight is 209 g/mol. The van der Waals surface area contributed by atoms with Crippen LogP contribution in [0.15, 0.2) is 22.3 Å². The molecule has 1 heterocycles. The van der Waals surface area contributed by atoms with Gasteiger partial charge in [0.2, 0.25) is 0 Å². The molecular weight excluding hydrogens is 194 g/mol. The van der Waals surface area contributed by atoms with Gasteiger partial charge >= 0.3 is 5.69 Å². The highest BCUT2D eigenvalue weighted by Gasteiger charge is 2.00. The highest BCUT2D eigenvalue weighted by atomic mass is 16.1. The van der Waals surface area contributed by atoms with Crippen LogP contribution in [0, 0.1) is 0 Å². The molecule has 0 unspecified atom stereocenters. The van der Waals surface area contributed by atoms with E-state index < -0.39 is 0 Å². The third-order valence-corrected chi connectivity index (χ3v) is 2.10. The van der Waals surface area contributed by atoms with Gasteiger partial charge in [-0.25, -0.2) is 4.79 Å². The Bertz CT molecular complexity index is 399. The molecule has 6 nitrogen and oxygen atoms in total. The van der Waals surface area contributed by atoms with Gasteiger partial charge in [-0.1, -0.05) is 12.0 Å². The summed E-state index contributed by atoms with van der Waals surface area (Å²) in [6.45, 7) is 3.82. The predicted molar refractivity (Wildman–Crippen MR) is 57.6 cm³/mol. The second-order valence-electron chi connectivity index (χ2n) is 3.28. The Morgan fingerprint density at radius 3 is 2.67 bits per heavy atom. The smallest absolute Gasteiger partial charge is 0.299 e. The lowest BCUT2D eigenvalue weighted by Crippen LogP contribution is -2.24. The largest absolute Gasteiger partial charge is 0.328 e. The van der Waals surface area contributed by atoms with E-state index >= 15 is 0 Å². The molecule has 0 aromatic carbocycles. The number of aryl methyl sites for hydroxylation is 2. The van der Waals surface area contributed by atoms with E-state index in [1.54, 1.807) is 21.5 Å². The Morgan fingerprint density at radius 1 is 1.40 bits per heavy atom. The van der Waals surface area contributed by atoms with E-state index in [1.807, 2.05) is 6.92 Å². The second-order valence-corrected chi connectivity index (χ2v) is 3.28. The molecule has 0 N–H and O–H groups in total. The maximum atomic E-state index is 11.6. The first-order valence-corrected chi connectivity index (χ1v) is 5.06. The van der Waals surface area contributed by atoms with Crippen molar-refractivity contribution in [1.29, 1.82) is 0 Å². The van der Waals surface area contributed by atoms with Crippen LogP contribution < -0.4 is 5.69 Å². The number of rotatable bonds is 6. The molecule has 0 aliphatic heterocycles. The maximum Gasteiger partial charge on any atom is 0.328 e. The third kappa shape index (κ3) is 3.18. The van der Waals surface area contributed by atoms with Gasteiger partial charge in [-0.05, 0) is 18.4 Å². The fourth-order valence-corrected chi connectivity index (χ4v) is 1.39. The minimum absolute atomic E-state index is 0.0118. The molecule has 0 atom stereocenters. The van der Waals surface area contributed by atoms with Gasteiger partial charge in [0.25, 0.3) is 0 Å². The summed E-state index contributed by atoms with van der Waals surface area (Å²) in [5.41, 5.74) is 8.09. The van der Waals surface area contributed by atoms with Gasteiger partial charge in [-0.15, -0.1) is 0 Å². The van der Waals surface area contributed by atoms with E-state index in [9.17, 15) is 4.79 Å². The Hall–Kier alpha value is -1.68. The molecule has 0 bridgehead atoms. The summed E-state index contributed by atoms with van der Waals surface area (Å²) in [7, 11) is 0. The van der Waals surface area contributed by atoms with Crippen molar-refractivity contribution < 1.29 is 0 Å². The van der Waals surface area contributed by atoms with Crippen LogP contribution in [-0.2, 0) is 13.1 Å². The molecule has 0 saturated carbocycles. The number of azide groups is 1. The molecule has 6 heteroatoms. The zero-order valence-corrected chi connectivity index (χ0v) is 8.83. The van der Waals surface area contributed by atoms with Crippen LogP contribution in [-0.4, -0.2) is 15.7 Å². The number of aromatic nitrogens is 2. The van der Waals surface area contributed by atoms with Gasteiger partial charge in [-0.3, -0.25) is 9.13 Å². The molecule has 0 aliphatic rings. The van der Waals surface area contributed by atoms with Crippen molar-refractivity contribution in [2.45, 2.75) is 32.9 Å². The van der Waals surface area contributed by atoms with Crippen LogP contribution in [0.1, 0.15) is 19.8 Å². The van der Waals surface area contributed by atoms with Crippen molar-refractivity contribution in [2.75, 3.05) is 6.54 Å². The topological polar surface area (TPSA) is 75.7 Å². The molecule has 0 spiro atoms. The van der Waals surface area contributed by atoms with Crippen LogP contribution in [0.4, 0.5) is 0 Å². The van der Waals surface area contributed by atoms with Crippen LogP contribution in [0.2, 0.25) is 0 Å². The van der Waals surface area contributed by atoms with E-state index in [0.29, 0.717) is 19.5 Å². The van der Waals surface area contributed by atoms with Gasteiger partial charge in [0.1, 0.15) is 0 Å². The van der Waals surface area contributed by atoms with Crippen molar-refractivity contribution in [3.63, 3.8) is 0 Å². The molecule has 1 aromatic rings. The number of hydrogen-bond acceptors (Lipinski definition) is 2. The van der Waals surface area contributed by atoms with Crippen molar-refractivity contribution in [1.82, 2.24) is 9.13 Å². The molecule has 0 saturated heterocycles. The Morgan fingerprint density at radius 2 is 2.07 bits per heavy atom. The van der Waals surface area contributed by atoms with E-state index in [-0.39, 0.29) is 5.69 Å². The number of nitrogens with zero attached hydrogens (tertiary/aromatic N) is 5. The van der Waals surface area contributed by atoms with Gasteiger partial charge in [0, 0.05) is 36.9 Å². The fraction of sp³-hybridized carbons (Fsp3) is 0.667. The quantitative estimate of drug-likeness (QED) is 0.304. The molecule has 0 amide bonds. The lowest BCUT2D eigenvalue weighted by atomic mass is 10.4. The molecular formula is C9H15N5O. The van der Waals surface area contributed by atoms with Gasteiger partial charge < -0.3 is 0 Å². The number of hydrogen-bond donors (Lipinski definition) is 0. The zero-order chi connectivity index (χ0) is 11.1. The van der Waals surface area contributed by atoms with Gasteiger partial charge in [0.05, 0.1) is 0 Å². The molecule has 82 valence electrons. The van der Waals surface area contributed by atoms with Gasteiger partial charge in [0.15, 0.2) is 0 Å².